The molecule has 0 unspecified atom stereocenters. The third-order valence-electron chi connectivity index (χ3n) is 2.03. The minimum Gasteiger partial charge on any atom is -0.329 e. The highest BCUT2D eigenvalue weighted by Gasteiger charge is 2.24. The number of rotatable bonds is 4. The highest BCUT2D eigenvalue weighted by molar-refractivity contribution is 7.89. The van der Waals surface area contributed by atoms with Crippen molar-refractivity contribution in [3.63, 3.8) is 0 Å². The predicted molar refractivity (Wildman–Crippen MR) is 59.9 cm³/mol. The first-order valence-corrected chi connectivity index (χ1v) is 6.25. The van der Waals surface area contributed by atoms with Crippen LogP contribution in [0.1, 0.15) is 13.8 Å². The van der Waals surface area contributed by atoms with Gasteiger partial charge in [-0.1, -0.05) is 6.07 Å². The number of sulfonamides is 1. The van der Waals surface area contributed by atoms with Gasteiger partial charge in [0.25, 0.3) is 0 Å². The maximum absolute atomic E-state index is 12.9. The first-order chi connectivity index (χ1) is 7.27. The summed E-state index contributed by atoms with van der Waals surface area (Å²) in [6.07, 6.45) is 0. The van der Waals surface area contributed by atoms with Gasteiger partial charge in [-0.3, -0.25) is 0 Å². The molecule has 0 fully saturated rings. The van der Waals surface area contributed by atoms with Crippen molar-refractivity contribution in [2.24, 2.45) is 5.73 Å². The third-order valence-corrected chi connectivity index (χ3v) is 3.72. The third kappa shape index (κ3) is 3.26. The van der Waals surface area contributed by atoms with Gasteiger partial charge in [-0.25, -0.2) is 17.5 Å². The van der Waals surface area contributed by atoms with Crippen molar-refractivity contribution in [1.29, 1.82) is 0 Å². The molecule has 0 amide bonds. The van der Waals surface area contributed by atoms with Gasteiger partial charge >= 0.3 is 0 Å². The van der Waals surface area contributed by atoms with Crippen molar-refractivity contribution in [3.05, 3.63) is 30.1 Å². The molecule has 0 saturated heterocycles. The molecule has 1 rings (SSSR count). The van der Waals surface area contributed by atoms with E-state index in [1.807, 2.05) is 0 Å². The zero-order valence-corrected chi connectivity index (χ0v) is 10.0. The summed E-state index contributed by atoms with van der Waals surface area (Å²) in [6.45, 7) is 3.47. The summed E-state index contributed by atoms with van der Waals surface area (Å²) >= 11 is 0. The molecule has 1 aromatic carbocycles. The molecular formula is C10H15FN2O2S. The minimum atomic E-state index is -3.72. The second kappa shape index (κ2) is 4.48. The number of hydrogen-bond acceptors (Lipinski definition) is 3. The van der Waals surface area contributed by atoms with Crippen LogP contribution in [0.5, 0.6) is 0 Å². The Kier molecular flexibility index (Phi) is 3.67. The van der Waals surface area contributed by atoms with Crippen molar-refractivity contribution in [1.82, 2.24) is 4.72 Å². The number of benzene rings is 1. The fourth-order valence-electron chi connectivity index (χ4n) is 1.10. The van der Waals surface area contributed by atoms with E-state index < -0.39 is 21.4 Å². The van der Waals surface area contributed by atoms with E-state index in [4.69, 9.17) is 5.73 Å². The van der Waals surface area contributed by atoms with E-state index >= 15 is 0 Å². The average Bonchev–Trinajstić information content (AvgIpc) is 2.16. The van der Waals surface area contributed by atoms with Gasteiger partial charge in [-0.2, -0.15) is 0 Å². The van der Waals surface area contributed by atoms with Crippen LogP contribution in [0.3, 0.4) is 0 Å². The molecule has 3 N–H and O–H groups in total. The van der Waals surface area contributed by atoms with E-state index in [0.717, 1.165) is 6.07 Å². The Labute approximate surface area is 94.7 Å². The molecule has 6 heteroatoms. The molecule has 16 heavy (non-hydrogen) atoms. The quantitative estimate of drug-likeness (QED) is 0.827. The van der Waals surface area contributed by atoms with Crippen molar-refractivity contribution in [2.45, 2.75) is 24.3 Å². The van der Waals surface area contributed by atoms with Gasteiger partial charge in [-0.15, -0.1) is 0 Å². The van der Waals surface area contributed by atoms with Gasteiger partial charge in [0.1, 0.15) is 5.82 Å². The zero-order valence-electron chi connectivity index (χ0n) is 9.20. The monoisotopic (exact) mass is 246 g/mol. The molecule has 0 saturated carbocycles. The highest BCUT2D eigenvalue weighted by Crippen LogP contribution is 2.13. The van der Waals surface area contributed by atoms with Crippen LogP contribution in [0.25, 0.3) is 0 Å². The van der Waals surface area contributed by atoms with Crippen molar-refractivity contribution < 1.29 is 12.8 Å². The Morgan fingerprint density at radius 3 is 2.56 bits per heavy atom. The van der Waals surface area contributed by atoms with Crippen molar-refractivity contribution in [2.75, 3.05) is 6.54 Å². The molecule has 0 aliphatic heterocycles. The Hall–Kier alpha value is -0.980. The van der Waals surface area contributed by atoms with Gasteiger partial charge in [0.05, 0.1) is 4.90 Å². The second-order valence-corrected chi connectivity index (χ2v) is 5.83. The van der Waals surface area contributed by atoms with E-state index in [1.54, 1.807) is 13.8 Å². The molecule has 0 aliphatic rings. The normalized spacial score (nSPS) is 12.8. The SMILES string of the molecule is CC(C)(CN)NS(=O)(=O)c1cccc(F)c1. The molecule has 0 atom stereocenters. The molecule has 0 radical (unpaired) electrons. The Balaban J connectivity index is 3.04. The average molecular weight is 246 g/mol. The van der Waals surface area contributed by atoms with E-state index in [9.17, 15) is 12.8 Å². The fourth-order valence-corrected chi connectivity index (χ4v) is 2.55. The van der Waals surface area contributed by atoms with Crippen LogP contribution < -0.4 is 10.5 Å². The van der Waals surface area contributed by atoms with Gasteiger partial charge in [0.15, 0.2) is 0 Å². The zero-order chi connectivity index (χ0) is 12.4. The summed E-state index contributed by atoms with van der Waals surface area (Å²) in [4.78, 5) is -0.103. The van der Waals surface area contributed by atoms with Crippen molar-refractivity contribution >= 4 is 10.0 Å². The van der Waals surface area contributed by atoms with Crippen LogP contribution in [-0.4, -0.2) is 20.5 Å². The summed E-state index contributed by atoms with van der Waals surface area (Å²) in [5.41, 5.74) is 4.66. The van der Waals surface area contributed by atoms with E-state index in [1.165, 1.54) is 18.2 Å². The van der Waals surface area contributed by atoms with Crippen LogP contribution >= 0.6 is 0 Å². The summed E-state index contributed by atoms with van der Waals surface area (Å²) in [6, 6.07) is 4.83. The van der Waals surface area contributed by atoms with Crippen LogP contribution in [0.4, 0.5) is 4.39 Å². The van der Waals surface area contributed by atoms with Crippen LogP contribution in [0, 0.1) is 5.82 Å². The predicted octanol–water partition coefficient (Wildman–Crippen LogP) is 0.841. The van der Waals surface area contributed by atoms with Crippen molar-refractivity contribution in [3.8, 4) is 0 Å². The standard InChI is InChI=1S/C10H15FN2O2S/c1-10(2,7-12)13-16(14,15)9-5-3-4-8(11)6-9/h3-6,13H,7,12H2,1-2H3. The van der Waals surface area contributed by atoms with Crippen LogP contribution in [-0.2, 0) is 10.0 Å². The lowest BCUT2D eigenvalue weighted by molar-refractivity contribution is 0.462. The number of hydrogen-bond donors (Lipinski definition) is 2. The molecule has 4 nitrogen and oxygen atoms in total. The minimum absolute atomic E-state index is 0.103. The van der Waals surface area contributed by atoms with Gasteiger partial charge < -0.3 is 5.73 Å². The molecule has 0 spiro atoms. The van der Waals surface area contributed by atoms with Crippen LogP contribution in [0.2, 0.25) is 0 Å². The Morgan fingerprint density at radius 1 is 1.44 bits per heavy atom. The number of halogens is 1. The lowest BCUT2D eigenvalue weighted by atomic mass is 10.1. The molecule has 0 bridgehead atoms. The lowest BCUT2D eigenvalue weighted by Gasteiger charge is -2.23. The lowest BCUT2D eigenvalue weighted by Crippen LogP contribution is -2.48. The molecule has 1 aromatic rings. The first kappa shape index (κ1) is 13.1. The first-order valence-electron chi connectivity index (χ1n) is 4.76. The molecule has 0 aromatic heterocycles. The van der Waals surface area contributed by atoms with E-state index in [0.29, 0.717) is 0 Å². The topological polar surface area (TPSA) is 72.2 Å². The van der Waals surface area contributed by atoms with Gasteiger partial charge in [0, 0.05) is 12.1 Å². The fraction of sp³-hybridized carbons (Fsp3) is 0.400. The number of nitrogens with one attached hydrogen (secondary N) is 1. The highest BCUT2D eigenvalue weighted by atomic mass is 32.2. The smallest absolute Gasteiger partial charge is 0.241 e. The van der Waals surface area contributed by atoms with Gasteiger partial charge in [-0.05, 0) is 32.0 Å². The number of nitrogens with two attached hydrogens (primary N) is 1. The second-order valence-electron chi connectivity index (χ2n) is 4.15. The van der Waals surface area contributed by atoms with Crippen LogP contribution in [0.15, 0.2) is 29.2 Å². The summed E-state index contributed by atoms with van der Waals surface area (Å²) in [5, 5.41) is 0. The molecule has 0 aliphatic carbocycles. The van der Waals surface area contributed by atoms with E-state index in [-0.39, 0.29) is 11.4 Å². The summed E-state index contributed by atoms with van der Waals surface area (Å²) in [7, 11) is -3.72. The summed E-state index contributed by atoms with van der Waals surface area (Å²) < 4.78 is 39.0. The maximum atomic E-state index is 12.9. The molecular weight excluding hydrogens is 231 g/mol. The van der Waals surface area contributed by atoms with Gasteiger partial charge in [0.2, 0.25) is 10.0 Å². The van der Waals surface area contributed by atoms with E-state index in [2.05, 4.69) is 4.72 Å². The maximum Gasteiger partial charge on any atom is 0.241 e. The largest absolute Gasteiger partial charge is 0.329 e. The molecule has 0 heterocycles. The summed E-state index contributed by atoms with van der Waals surface area (Å²) in [5.74, 6) is -0.589. The Bertz CT molecular complexity index is 471. The Morgan fingerprint density at radius 2 is 2.06 bits per heavy atom. The molecule has 90 valence electrons.